The van der Waals surface area contributed by atoms with Crippen molar-refractivity contribution in [2.45, 2.75) is 6.04 Å². The number of carbonyl (C=O) groups excluding carboxylic acids is 1. The molecular formula is C17H19N3O2. The molecular weight excluding hydrogens is 278 g/mol. The lowest BCUT2D eigenvalue weighted by atomic mass is 10.0. The van der Waals surface area contributed by atoms with Gasteiger partial charge in [0.15, 0.2) is 0 Å². The van der Waals surface area contributed by atoms with E-state index in [1.54, 1.807) is 19.3 Å². The van der Waals surface area contributed by atoms with Crippen LogP contribution in [0, 0.1) is 0 Å². The maximum atomic E-state index is 12.8. The van der Waals surface area contributed by atoms with Crippen molar-refractivity contribution in [2.24, 2.45) is 7.05 Å². The summed E-state index contributed by atoms with van der Waals surface area (Å²) < 4.78 is 1.44. The minimum Gasteiger partial charge on any atom is -0.329 e. The van der Waals surface area contributed by atoms with Crippen LogP contribution in [0.4, 0.5) is 0 Å². The van der Waals surface area contributed by atoms with Crippen LogP contribution in [0.1, 0.15) is 22.0 Å². The number of rotatable bonds is 2. The van der Waals surface area contributed by atoms with Crippen molar-refractivity contribution >= 4 is 5.91 Å². The molecule has 1 fully saturated rings. The Hall–Kier alpha value is -2.40. The Morgan fingerprint density at radius 3 is 2.68 bits per heavy atom. The number of carbonyl (C=O) groups is 1. The molecule has 0 saturated carbocycles. The number of hydrogen-bond donors (Lipinski definition) is 1. The summed E-state index contributed by atoms with van der Waals surface area (Å²) >= 11 is 0. The monoisotopic (exact) mass is 297 g/mol. The molecule has 1 N–H and O–H groups in total. The minimum atomic E-state index is -0.114. The van der Waals surface area contributed by atoms with E-state index >= 15 is 0 Å². The van der Waals surface area contributed by atoms with Gasteiger partial charge in [0.25, 0.3) is 5.91 Å². The third-order valence-corrected chi connectivity index (χ3v) is 4.02. The topological polar surface area (TPSA) is 54.3 Å². The third kappa shape index (κ3) is 2.80. The number of nitrogens with zero attached hydrogens (tertiary/aromatic N) is 2. The molecule has 2 heterocycles. The summed E-state index contributed by atoms with van der Waals surface area (Å²) in [7, 11) is 1.66. The quantitative estimate of drug-likeness (QED) is 0.905. The molecule has 1 aliphatic heterocycles. The van der Waals surface area contributed by atoms with Crippen molar-refractivity contribution in [1.82, 2.24) is 14.8 Å². The normalized spacial score (nSPS) is 18.2. The predicted molar refractivity (Wildman–Crippen MR) is 84.8 cm³/mol. The molecule has 22 heavy (non-hydrogen) atoms. The Morgan fingerprint density at radius 2 is 1.95 bits per heavy atom. The number of aromatic nitrogens is 1. The first-order valence-electron chi connectivity index (χ1n) is 7.40. The van der Waals surface area contributed by atoms with Gasteiger partial charge < -0.3 is 14.8 Å². The summed E-state index contributed by atoms with van der Waals surface area (Å²) in [5, 5.41) is 3.34. The van der Waals surface area contributed by atoms with Gasteiger partial charge >= 0.3 is 0 Å². The second kappa shape index (κ2) is 6.15. The first-order valence-corrected chi connectivity index (χ1v) is 7.40. The SMILES string of the molecule is Cn1cc(C(=O)N2CCNC[C@@H]2c2ccccc2)ccc1=O. The number of benzene rings is 1. The van der Waals surface area contributed by atoms with E-state index in [-0.39, 0.29) is 17.5 Å². The van der Waals surface area contributed by atoms with Crippen molar-refractivity contribution in [2.75, 3.05) is 19.6 Å². The van der Waals surface area contributed by atoms with Crippen LogP contribution in [0.3, 0.4) is 0 Å². The largest absolute Gasteiger partial charge is 0.329 e. The Bertz CT molecular complexity index is 724. The van der Waals surface area contributed by atoms with E-state index in [9.17, 15) is 9.59 Å². The van der Waals surface area contributed by atoms with Gasteiger partial charge in [-0.3, -0.25) is 9.59 Å². The van der Waals surface area contributed by atoms with Gasteiger partial charge in [0.05, 0.1) is 11.6 Å². The van der Waals surface area contributed by atoms with Gasteiger partial charge in [-0.2, -0.15) is 0 Å². The summed E-state index contributed by atoms with van der Waals surface area (Å²) in [6.07, 6.45) is 1.61. The smallest absolute Gasteiger partial charge is 0.255 e. The van der Waals surface area contributed by atoms with Crippen molar-refractivity contribution in [3.8, 4) is 0 Å². The van der Waals surface area contributed by atoms with Crippen LogP contribution in [-0.2, 0) is 7.05 Å². The number of piperazine rings is 1. The van der Waals surface area contributed by atoms with E-state index in [2.05, 4.69) is 5.32 Å². The van der Waals surface area contributed by atoms with Gasteiger partial charge in [-0.1, -0.05) is 30.3 Å². The fourth-order valence-corrected chi connectivity index (χ4v) is 2.81. The molecule has 1 atom stereocenters. The lowest BCUT2D eigenvalue weighted by Crippen LogP contribution is -2.48. The van der Waals surface area contributed by atoms with Gasteiger partial charge in [-0.15, -0.1) is 0 Å². The molecule has 0 aliphatic carbocycles. The Balaban J connectivity index is 1.91. The molecule has 1 aromatic carbocycles. The number of aryl methyl sites for hydroxylation is 1. The van der Waals surface area contributed by atoms with E-state index < -0.39 is 0 Å². The van der Waals surface area contributed by atoms with E-state index in [1.807, 2.05) is 35.2 Å². The molecule has 0 unspecified atom stereocenters. The zero-order valence-electron chi connectivity index (χ0n) is 12.5. The lowest BCUT2D eigenvalue weighted by molar-refractivity contribution is 0.0633. The average Bonchev–Trinajstić information content (AvgIpc) is 2.57. The number of pyridine rings is 1. The fourth-order valence-electron chi connectivity index (χ4n) is 2.81. The minimum absolute atomic E-state index is 0.0136. The maximum absolute atomic E-state index is 12.8. The van der Waals surface area contributed by atoms with E-state index in [4.69, 9.17) is 0 Å². The van der Waals surface area contributed by atoms with Crippen LogP contribution in [0.15, 0.2) is 53.5 Å². The zero-order valence-corrected chi connectivity index (χ0v) is 12.5. The summed E-state index contributed by atoms with van der Waals surface area (Å²) in [6.45, 7) is 2.17. The van der Waals surface area contributed by atoms with Gasteiger partial charge in [-0.05, 0) is 11.6 Å². The van der Waals surface area contributed by atoms with E-state index in [0.717, 1.165) is 18.7 Å². The van der Waals surface area contributed by atoms with Crippen LogP contribution in [0.2, 0.25) is 0 Å². The highest BCUT2D eigenvalue weighted by molar-refractivity contribution is 5.94. The molecule has 1 amide bonds. The van der Waals surface area contributed by atoms with Crippen LogP contribution in [-0.4, -0.2) is 35.0 Å². The molecule has 0 radical (unpaired) electrons. The van der Waals surface area contributed by atoms with Crippen LogP contribution >= 0.6 is 0 Å². The number of nitrogens with one attached hydrogen (secondary N) is 1. The summed E-state index contributed by atoms with van der Waals surface area (Å²) in [5.41, 5.74) is 1.55. The highest BCUT2D eigenvalue weighted by Gasteiger charge is 2.28. The highest BCUT2D eigenvalue weighted by Crippen LogP contribution is 2.23. The van der Waals surface area contributed by atoms with Gasteiger partial charge in [0, 0.05) is 38.9 Å². The van der Waals surface area contributed by atoms with Crippen LogP contribution in [0.5, 0.6) is 0 Å². The first-order chi connectivity index (χ1) is 10.7. The second-order valence-corrected chi connectivity index (χ2v) is 5.50. The molecule has 114 valence electrons. The molecule has 1 saturated heterocycles. The second-order valence-electron chi connectivity index (χ2n) is 5.50. The Labute approximate surface area is 129 Å². The third-order valence-electron chi connectivity index (χ3n) is 4.02. The molecule has 2 aromatic rings. The van der Waals surface area contributed by atoms with Crippen molar-refractivity contribution < 1.29 is 4.79 Å². The number of amides is 1. The molecule has 0 bridgehead atoms. The molecule has 5 nitrogen and oxygen atoms in total. The summed E-state index contributed by atoms with van der Waals surface area (Å²) in [6, 6.07) is 13.1. The Morgan fingerprint density at radius 1 is 1.18 bits per heavy atom. The highest BCUT2D eigenvalue weighted by atomic mass is 16.2. The van der Waals surface area contributed by atoms with Crippen LogP contribution < -0.4 is 10.9 Å². The van der Waals surface area contributed by atoms with Crippen molar-refractivity contribution in [3.63, 3.8) is 0 Å². The molecule has 1 aromatic heterocycles. The molecule has 3 rings (SSSR count). The van der Waals surface area contributed by atoms with Gasteiger partial charge in [0.2, 0.25) is 5.56 Å². The standard InChI is InChI=1S/C17H19N3O2/c1-19-12-14(7-8-16(19)21)17(22)20-10-9-18-11-15(20)13-5-3-2-4-6-13/h2-8,12,15,18H,9-11H2,1H3/t15-/m1/s1. The van der Waals surface area contributed by atoms with E-state index in [0.29, 0.717) is 12.1 Å². The van der Waals surface area contributed by atoms with Gasteiger partial charge in [0.1, 0.15) is 0 Å². The summed E-state index contributed by atoms with van der Waals surface area (Å²) in [5.74, 6) is -0.0362. The predicted octanol–water partition coefficient (Wildman–Crippen LogP) is 1.17. The van der Waals surface area contributed by atoms with Gasteiger partial charge in [-0.25, -0.2) is 0 Å². The van der Waals surface area contributed by atoms with Crippen molar-refractivity contribution in [1.29, 1.82) is 0 Å². The average molecular weight is 297 g/mol. The molecule has 0 spiro atoms. The Kier molecular flexibility index (Phi) is 4.06. The first kappa shape index (κ1) is 14.5. The van der Waals surface area contributed by atoms with Crippen molar-refractivity contribution in [3.05, 3.63) is 70.1 Å². The molecule has 5 heteroatoms. The zero-order chi connectivity index (χ0) is 15.5. The fraction of sp³-hybridized carbons (Fsp3) is 0.294. The summed E-state index contributed by atoms with van der Waals surface area (Å²) in [4.78, 5) is 26.2. The maximum Gasteiger partial charge on any atom is 0.255 e. The lowest BCUT2D eigenvalue weighted by Gasteiger charge is -2.36. The van der Waals surface area contributed by atoms with E-state index in [1.165, 1.54) is 10.6 Å². The molecule has 1 aliphatic rings. The van der Waals surface area contributed by atoms with Crippen LogP contribution in [0.25, 0.3) is 0 Å². The number of hydrogen-bond acceptors (Lipinski definition) is 3.